The molecule has 1 saturated heterocycles. The minimum Gasteiger partial charge on any atom is -0.491 e. The van der Waals surface area contributed by atoms with Crippen LogP contribution in [-0.4, -0.2) is 60.5 Å². The SMILES string of the molecule is Nc1ccc(-c2cc(OCC(O)CN3CCOCC3)cc3ccccc23)cn1. The summed E-state index contributed by atoms with van der Waals surface area (Å²) in [5.41, 5.74) is 7.74. The molecule has 1 unspecified atom stereocenters. The van der Waals surface area contributed by atoms with Crippen molar-refractivity contribution in [3.8, 4) is 16.9 Å². The van der Waals surface area contributed by atoms with Crippen molar-refractivity contribution in [3.05, 3.63) is 54.7 Å². The summed E-state index contributed by atoms with van der Waals surface area (Å²) in [6, 6.07) is 15.9. The third kappa shape index (κ3) is 4.42. The second kappa shape index (κ2) is 8.56. The second-order valence-corrected chi connectivity index (χ2v) is 7.04. The molecule has 0 aliphatic carbocycles. The summed E-state index contributed by atoms with van der Waals surface area (Å²) >= 11 is 0. The van der Waals surface area contributed by atoms with Crippen molar-refractivity contribution in [1.82, 2.24) is 9.88 Å². The molecule has 3 aromatic rings. The van der Waals surface area contributed by atoms with Gasteiger partial charge in [-0.1, -0.05) is 24.3 Å². The number of nitrogen functional groups attached to an aromatic ring is 1. The van der Waals surface area contributed by atoms with Crippen molar-refractivity contribution in [2.75, 3.05) is 45.2 Å². The topological polar surface area (TPSA) is 80.8 Å². The molecule has 2 aromatic carbocycles. The molecule has 4 rings (SSSR count). The number of aliphatic hydroxyl groups is 1. The van der Waals surface area contributed by atoms with Crippen LogP contribution in [0.1, 0.15) is 0 Å². The summed E-state index contributed by atoms with van der Waals surface area (Å²) in [6.45, 7) is 3.97. The van der Waals surface area contributed by atoms with Gasteiger partial charge in [0.15, 0.2) is 0 Å². The van der Waals surface area contributed by atoms with E-state index in [0.717, 1.165) is 54.0 Å². The largest absolute Gasteiger partial charge is 0.491 e. The minimum atomic E-state index is -0.550. The van der Waals surface area contributed by atoms with Gasteiger partial charge in [0.2, 0.25) is 0 Å². The Morgan fingerprint density at radius 3 is 2.75 bits per heavy atom. The third-order valence-corrected chi connectivity index (χ3v) is 4.95. The highest BCUT2D eigenvalue weighted by Gasteiger charge is 2.16. The Bertz CT molecular complexity index is 924. The molecule has 0 radical (unpaired) electrons. The van der Waals surface area contributed by atoms with Crippen LogP contribution in [0.25, 0.3) is 21.9 Å². The van der Waals surface area contributed by atoms with E-state index >= 15 is 0 Å². The molecule has 1 aliphatic rings. The van der Waals surface area contributed by atoms with Crippen LogP contribution < -0.4 is 10.5 Å². The molecule has 1 fully saturated rings. The van der Waals surface area contributed by atoms with Gasteiger partial charge in [-0.3, -0.25) is 4.90 Å². The number of nitrogens with two attached hydrogens (primary N) is 1. The monoisotopic (exact) mass is 379 g/mol. The lowest BCUT2D eigenvalue weighted by atomic mass is 9.99. The Morgan fingerprint density at radius 1 is 1.14 bits per heavy atom. The zero-order valence-electron chi connectivity index (χ0n) is 15.8. The maximum atomic E-state index is 10.4. The number of pyridine rings is 1. The quantitative estimate of drug-likeness (QED) is 0.685. The minimum absolute atomic E-state index is 0.245. The number of hydrogen-bond acceptors (Lipinski definition) is 6. The first-order valence-corrected chi connectivity index (χ1v) is 9.55. The maximum absolute atomic E-state index is 10.4. The molecule has 1 aliphatic heterocycles. The molecular formula is C22H25N3O3. The van der Waals surface area contributed by atoms with Crippen molar-refractivity contribution in [1.29, 1.82) is 0 Å². The van der Waals surface area contributed by atoms with Crippen LogP contribution in [0.2, 0.25) is 0 Å². The highest BCUT2D eigenvalue weighted by atomic mass is 16.5. The molecule has 6 heteroatoms. The van der Waals surface area contributed by atoms with E-state index in [1.807, 2.05) is 30.3 Å². The average Bonchev–Trinajstić information content (AvgIpc) is 2.73. The number of aliphatic hydroxyl groups excluding tert-OH is 1. The van der Waals surface area contributed by atoms with Crippen LogP contribution in [-0.2, 0) is 4.74 Å². The van der Waals surface area contributed by atoms with Gasteiger partial charge in [0, 0.05) is 31.4 Å². The van der Waals surface area contributed by atoms with Crippen LogP contribution in [0.3, 0.4) is 0 Å². The van der Waals surface area contributed by atoms with Gasteiger partial charge < -0.3 is 20.3 Å². The van der Waals surface area contributed by atoms with E-state index in [1.54, 1.807) is 12.3 Å². The number of benzene rings is 2. The molecule has 1 aromatic heterocycles. The Balaban J connectivity index is 1.53. The maximum Gasteiger partial charge on any atom is 0.123 e. The zero-order valence-corrected chi connectivity index (χ0v) is 15.8. The number of ether oxygens (including phenoxy) is 2. The average molecular weight is 379 g/mol. The van der Waals surface area contributed by atoms with Gasteiger partial charge in [0.05, 0.1) is 13.2 Å². The molecular weight excluding hydrogens is 354 g/mol. The van der Waals surface area contributed by atoms with Crippen LogP contribution in [0.5, 0.6) is 5.75 Å². The predicted molar refractivity (Wildman–Crippen MR) is 110 cm³/mol. The number of anilines is 1. The molecule has 6 nitrogen and oxygen atoms in total. The van der Waals surface area contributed by atoms with E-state index < -0.39 is 6.10 Å². The normalized spacial score (nSPS) is 16.2. The summed E-state index contributed by atoms with van der Waals surface area (Å²) in [7, 11) is 0. The smallest absolute Gasteiger partial charge is 0.123 e. The first-order valence-electron chi connectivity index (χ1n) is 9.55. The summed E-state index contributed by atoms with van der Waals surface area (Å²) < 4.78 is 11.3. The van der Waals surface area contributed by atoms with Gasteiger partial charge in [-0.15, -0.1) is 0 Å². The molecule has 0 bridgehead atoms. The molecule has 2 heterocycles. The van der Waals surface area contributed by atoms with Crippen molar-refractivity contribution < 1.29 is 14.6 Å². The fourth-order valence-corrected chi connectivity index (χ4v) is 3.50. The van der Waals surface area contributed by atoms with E-state index in [2.05, 4.69) is 22.0 Å². The van der Waals surface area contributed by atoms with Crippen molar-refractivity contribution in [2.45, 2.75) is 6.10 Å². The Hall–Kier alpha value is -2.67. The molecule has 146 valence electrons. The first kappa shape index (κ1) is 18.7. The van der Waals surface area contributed by atoms with Crippen molar-refractivity contribution in [3.63, 3.8) is 0 Å². The van der Waals surface area contributed by atoms with E-state index in [9.17, 15) is 5.11 Å². The van der Waals surface area contributed by atoms with Crippen LogP contribution >= 0.6 is 0 Å². The first-order chi connectivity index (χ1) is 13.7. The number of β-amino-alcohol motifs (C(OH)–C–C–N with tert-alkyl or cyclic N) is 1. The number of fused-ring (bicyclic) bond motifs is 1. The summed E-state index contributed by atoms with van der Waals surface area (Å²) in [4.78, 5) is 6.41. The van der Waals surface area contributed by atoms with E-state index in [0.29, 0.717) is 12.4 Å². The second-order valence-electron chi connectivity index (χ2n) is 7.04. The third-order valence-electron chi connectivity index (χ3n) is 4.95. The van der Waals surface area contributed by atoms with Crippen molar-refractivity contribution in [2.24, 2.45) is 0 Å². The van der Waals surface area contributed by atoms with E-state index in [1.165, 1.54) is 0 Å². The number of morpholine rings is 1. The van der Waals surface area contributed by atoms with Gasteiger partial charge >= 0.3 is 0 Å². The predicted octanol–water partition coefficient (Wildman–Crippen LogP) is 2.56. The van der Waals surface area contributed by atoms with Gasteiger partial charge in [-0.2, -0.15) is 0 Å². The van der Waals surface area contributed by atoms with Gasteiger partial charge in [0.25, 0.3) is 0 Å². The highest BCUT2D eigenvalue weighted by molar-refractivity contribution is 5.97. The number of hydrogen-bond donors (Lipinski definition) is 2. The fourth-order valence-electron chi connectivity index (χ4n) is 3.50. The molecule has 28 heavy (non-hydrogen) atoms. The van der Waals surface area contributed by atoms with Gasteiger partial charge in [0.1, 0.15) is 24.3 Å². The van der Waals surface area contributed by atoms with Crippen molar-refractivity contribution >= 4 is 16.6 Å². The van der Waals surface area contributed by atoms with E-state index in [-0.39, 0.29) is 6.61 Å². The molecule has 0 spiro atoms. The van der Waals surface area contributed by atoms with E-state index in [4.69, 9.17) is 15.2 Å². The molecule has 0 amide bonds. The summed E-state index contributed by atoms with van der Waals surface area (Å²) in [6.07, 6.45) is 1.22. The van der Waals surface area contributed by atoms with Crippen LogP contribution in [0, 0.1) is 0 Å². The lowest BCUT2D eigenvalue weighted by Gasteiger charge is -2.28. The number of rotatable bonds is 6. The summed E-state index contributed by atoms with van der Waals surface area (Å²) in [5, 5.41) is 12.6. The van der Waals surface area contributed by atoms with Crippen LogP contribution in [0.4, 0.5) is 5.82 Å². The number of aromatic nitrogens is 1. The standard InChI is InChI=1S/C22H25N3O3/c23-22-6-5-17(13-24-22)21-12-19(11-16-3-1-2-4-20(16)21)28-15-18(26)14-25-7-9-27-10-8-25/h1-6,11-13,18,26H,7-10,14-15H2,(H2,23,24). The lowest BCUT2D eigenvalue weighted by molar-refractivity contribution is 0.00467. The fraction of sp³-hybridized carbons (Fsp3) is 0.318. The van der Waals surface area contributed by atoms with Crippen LogP contribution in [0.15, 0.2) is 54.7 Å². The summed E-state index contributed by atoms with van der Waals surface area (Å²) in [5.74, 6) is 1.22. The molecule has 0 saturated carbocycles. The Kier molecular flexibility index (Phi) is 5.71. The molecule has 1 atom stereocenters. The van der Waals surface area contributed by atoms with Gasteiger partial charge in [-0.05, 0) is 40.6 Å². The lowest BCUT2D eigenvalue weighted by Crippen LogP contribution is -2.42. The number of nitrogens with zero attached hydrogens (tertiary/aromatic N) is 2. The zero-order chi connectivity index (χ0) is 19.3. The van der Waals surface area contributed by atoms with Gasteiger partial charge in [-0.25, -0.2) is 4.98 Å². The Morgan fingerprint density at radius 2 is 1.96 bits per heavy atom. The Labute approximate surface area is 164 Å². The molecule has 3 N–H and O–H groups in total. The highest BCUT2D eigenvalue weighted by Crippen LogP contribution is 2.33.